The van der Waals surface area contributed by atoms with Crippen LogP contribution in [0.3, 0.4) is 0 Å². The summed E-state index contributed by atoms with van der Waals surface area (Å²) in [5.74, 6) is -0.817. The maximum atomic E-state index is 12.7. The van der Waals surface area contributed by atoms with Crippen molar-refractivity contribution in [1.82, 2.24) is 5.32 Å². The summed E-state index contributed by atoms with van der Waals surface area (Å²) in [6, 6.07) is 1.86. The molecule has 1 N–H and O–H groups in total. The molecule has 1 amide bonds. The van der Waals surface area contributed by atoms with E-state index in [9.17, 15) is 18.0 Å². The van der Waals surface area contributed by atoms with Gasteiger partial charge in [-0.2, -0.15) is 18.4 Å². The van der Waals surface area contributed by atoms with E-state index in [2.05, 4.69) is 0 Å². The third-order valence-corrected chi connectivity index (χ3v) is 3.64. The number of amides is 1. The minimum absolute atomic E-state index is 0.111. The Morgan fingerprint density at radius 3 is 2.17 bits per heavy atom. The topological polar surface area (TPSA) is 62.1 Å². The molecule has 0 aromatic carbocycles. The van der Waals surface area contributed by atoms with Crippen LogP contribution in [-0.4, -0.2) is 30.8 Å². The number of ether oxygens (including phenoxy) is 1. The van der Waals surface area contributed by atoms with E-state index in [1.54, 1.807) is 0 Å². The minimum Gasteiger partial charge on any atom is -0.381 e. The summed E-state index contributed by atoms with van der Waals surface area (Å²) in [6.07, 6.45) is -4.39. The molecule has 2 fully saturated rings. The second-order valence-electron chi connectivity index (χ2n) is 4.84. The Morgan fingerprint density at radius 1 is 1.22 bits per heavy atom. The average molecular weight is 262 g/mol. The minimum atomic E-state index is -4.45. The van der Waals surface area contributed by atoms with Gasteiger partial charge in [-0.25, -0.2) is 0 Å². The summed E-state index contributed by atoms with van der Waals surface area (Å²) in [5, 5.41) is 11.1. The van der Waals surface area contributed by atoms with Gasteiger partial charge in [-0.1, -0.05) is 0 Å². The van der Waals surface area contributed by atoms with Crippen molar-refractivity contribution in [2.24, 2.45) is 5.41 Å². The van der Waals surface area contributed by atoms with Gasteiger partial charge >= 0.3 is 6.18 Å². The van der Waals surface area contributed by atoms with Crippen molar-refractivity contribution in [3.05, 3.63) is 0 Å². The van der Waals surface area contributed by atoms with Crippen LogP contribution in [-0.2, 0) is 9.53 Å². The predicted molar refractivity (Wildman–Crippen MR) is 54.3 cm³/mol. The molecule has 0 aromatic rings. The smallest absolute Gasteiger partial charge is 0.381 e. The molecule has 1 aliphatic carbocycles. The van der Waals surface area contributed by atoms with Crippen LogP contribution in [0.25, 0.3) is 0 Å². The number of nitrogens with one attached hydrogen (secondary N) is 1. The second kappa shape index (κ2) is 4.12. The first-order valence-electron chi connectivity index (χ1n) is 5.74. The van der Waals surface area contributed by atoms with Gasteiger partial charge in [0.15, 0.2) is 0 Å². The number of carbonyl (C=O) groups excluding carboxylic acids is 1. The molecule has 1 aliphatic heterocycles. The van der Waals surface area contributed by atoms with Crippen molar-refractivity contribution in [3.8, 4) is 6.07 Å². The summed E-state index contributed by atoms with van der Waals surface area (Å²) < 4.78 is 43.2. The zero-order chi connectivity index (χ0) is 13.4. The van der Waals surface area contributed by atoms with Crippen LogP contribution < -0.4 is 5.32 Å². The highest BCUT2D eigenvalue weighted by molar-refractivity contribution is 5.86. The Balaban J connectivity index is 2.10. The lowest BCUT2D eigenvalue weighted by molar-refractivity contribution is -0.173. The monoisotopic (exact) mass is 262 g/mol. The van der Waals surface area contributed by atoms with Gasteiger partial charge in [0, 0.05) is 13.2 Å². The fourth-order valence-corrected chi connectivity index (χ4v) is 2.05. The van der Waals surface area contributed by atoms with E-state index in [-0.39, 0.29) is 38.9 Å². The molecule has 100 valence electrons. The largest absolute Gasteiger partial charge is 0.411 e. The maximum Gasteiger partial charge on any atom is 0.411 e. The van der Waals surface area contributed by atoms with E-state index in [1.165, 1.54) is 0 Å². The van der Waals surface area contributed by atoms with E-state index >= 15 is 0 Å². The predicted octanol–water partition coefficient (Wildman–Crippen LogP) is 1.52. The molecule has 0 bridgehead atoms. The van der Waals surface area contributed by atoms with Gasteiger partial charge < -0.3 is 10.1 Å². The van der Waals surface area contributed by atoms with Crippen LogP contribution >= 0.6 is 0 Å². The van der Waals surface area contributed by atoms with Crippen LogP contribution in [0.5, 0.6) is 0 Å². The van der Waals surface area contributed by atoms with Gasteiger partial charge in [-0.05, 0) is 25.7 Å². The molecule has 18 heavy (non-hydrogen) atoms. The number of nitriles is 1. The Labute approximate surface area is 102 Å². The molecule has 1 heterocycles. The van der Waals surface area contributed by atoms with Crippen LogP contribution in [0.2, 0.25) is 0 Å². The molecular weight excluding hydrogens is 249 g/mol. The van der Waals surface area contributed by atoms with E-state index in [4.69, 9.17) is 10.00 Å². The van der Waals surface area contributed by atoms with E-state index in [0.717, 1.165) is 0 Å². The summed E-state index contributed by atoms with van der Waals surface area (Å²) >= 11 is 0. The first-order valence-corrected chi connectivity index (χ1v) is 5.74. The maximum absolute atomic E-state index is 12.7. The van der Waals surface area contributed by atoms with Crippen LogP contribution in [0.15, 0.2) is 0 Å². The summed E-state index contributed by atoms with van der Waals surface area (Å²) in [5.41, 5.74) is -3.48. The van der Waals surface area contributed by atoms with Crippen molar-refractivity contribution < 1.29 is 22.7 Å². The average Bonchev–Trinajstić information content (AvgIpc) is 3.10. The normalized spacial score (nSPS) is 25.0. The molecule has 0 spiro atoms. The highest BCUT2D eigenvalue weighted by Gasteiger charge is 2.65. The molecule has 0 aromatic heterocycles. The molecule has 0 unspecified atom stereocenters. The van der Waals surface area contributed by atoms with Gasteiger partial charge in [0.1, 0.15) is 11.0 Å². The number of hydrogen-bond acceptors (Lipinski definition) is 3. The Hall–Kier alpha value is -1.29. The van der Waals surface area contributed by atoms with Crippen LogP contribution in [0.1, 0.15) is 25.7 Å². The third kappa shape index (κ3) is 2.05. The standard InChI is InChI=1S/C11H13F3N2O2/c12-11(13,14)10(1-2-10)16-8(17)9(7-15)3-5-18-6-4-9/h1-6H2,(H,16,17). The highest BCUT2D eigenvalue weighted by Crippen LogP contribution is 2.49. The van der Waals surface area contributed by atoms with Crippen LogP contribution in [0.4, 0.5) is 13.2 Å². The van der Waals surface area contributed by atoms with E-state index < -0.39 is 23.0 Å². The molecular formula is C11H13F3N2O2. The van der Waals surface area contributed by atoms with Crippen molar-refractivity contribution >= 4 is 5.91 Å². The highest BCUT2D eigenvalue weighted by atomic mass is 19.4. The Morgan fingerprint density at radius 2 is 1.78 bits per heavy atom. The SMILES string of the molecule is N#CC1(C(=O)NC2(C(F)(F)F)CC2)CCOCC1. The van der Waals surface area contributed by atoms with E-state index in [1.807, 2.05) is 11.4 Å². The molecule has 0 radical (unpaired) electrons. The molecule has 2 aliphatic rings. The molecule has 1 saturated carbocycles. The van der Waals surface area contributed by atoms with Gasteiger partial charge in [-0.3, -0.25) is 4.79 Å². The number of hydrogen-bond donors (Lipinski definition) is 1. The molecule has 7 heteroatoms. The lowest BCUT2D eigenvalue weighted by atomic mass is 9.80. The lowest BCUT2D eigenvalue weighted by Gasteiger charge is -2.31. The summed E-state index contributed by atoms with van der Waals surface area (Å²) in [4.78, 5) is 12.0. The van der Waals surface area contributed by atoms with Gasteiger partial charge in [0.25, 0.3) is 0 Å². The first-order chi connectivity index (χ1) is 8.35. The number of alkyl halides is 3. The summed E-state index contributed by atoms with van der Waals surface area (Å²) in [7, 11) is 0. The molecule has 4 nitrogen and oxygen atoms in total. The zero-order valence-electron chi connectivity index (χ0n) is 9.64. The molecule has 1 saturated heterocycles. The van der Waals surface area contributed by atoms with E-state index in [0.29, 0.717) is 0 Å². The lowest BCUT2D eigenvalue weighted by Crippen LogP contribution is -2.54. The Kier molecular flexibility index (Phi) is 3.01. The van der Waals surface area contributed by atoms with Crippen molar-refractivity contribution in [3.63, 3.8) is 0 Å². The number of carbonyl (C=O) groups is 1. The van der Waals surface area contributed by atoms with Gasteiger partial charge in [-0.15, -0.1) is 0 Å². The van der Waals surface area contributed by atoms with Crippen molar-refractivity contribution in [2.75, 3.05) is 13.2 Å². The number of rotatable bonds is 2. The number of halogens is 3. The van der Waals surface area contributed by atoms with Crippen molar-refractivity contribution in [1.29, 1.82) is 5.26 Å². The van der Waals surface area contributed by atoms with Crippen LogP contribution in [0, 0.1) is 16.7 Å². The quantitative estimate of drug-likeness (QED) is 0.820. The first kappa shape index (κ1) is 13.1. The zero-order valence-corrected chi connectivity index (χ0v) is 9.64. The van der Waals surface area contributed by atoms with Gasteiger partial charge in [0.05, 0.1) is 6.07 Å². The second-order valence-corrected chi connectivity index (χ2v) is 4.84. The Bertz CT molecular complexity index is 390. The fourth-order valence-electron chi connectivity index (χ4n) is 2.05. The van der Waals surface area contributed by atoms with Gasteiger partial charge in [0.2, 0.25) is 5.91 Å². The molecule has 0 atom stereocenters. The number of nitrogens with zero attached hydrogens (tertiary/aromatic N) is 1. The van der Waals surface area contributed by atoms with Crippen molar-refractivity contribution in [2.45, 2.75) is 37.4 Å². The fraction of sp³-hybridized carbons (Fsp3) is 0.818. The summed E-state index contributed by atoms with van der Waals surface area (Å²) in [6.45, 7) is 0.444. The molecule has 2 rings (SSSR count). The third-order valence-electron chi connectivity index (χ3n) is 3.64.